The molecule has 5 nitrogen and oxygen atoms in total. The van der Waals surface area contributed by atoms with E-state index >= 15 is 0 Å². The second kappa shape index (κ2) is 10.1. The topological polar surface area (TPSA) is 66.5 Å². The van der Waals surface area contributed by atoms with Gasteiger partial charge >= 0.3 is 0 Å². The van der Waals surface area contributed by atoms with E-state index in [9.17, 15) is 17.6 Å². The molecule has 1 N–H and O–H groups in total. The molecule has 0 radical (unpaired) electrons. The molecule has 2 aromatic carbocycles. The SMILES string of the molecule is CCC(C(=O)NCCCc1cccc(C)c1)N(c1ccc(F)c(Cl)c1)S(C)(=O)=O. The minimum absolute atomic E-state index is 0.153. The molecule has 0 aliphatic heterocycles. The number of nitrogens with zero attached hydrogens (tertiary/aromatic N) is 1. The van der Waals surface area contributed by atoms with Crippen LogP contribution < -0.4 is 9.62 Å². The second-order valence-electron chi connectivity index (χ2n) is 6.96. The lowest BCUT2D eigenvalue weighted by atomic mass is 10.1. The number of carbonyl (C=O) groups is 1. The van der Waals surface area contributed by atoms with E-state index in [4.69, 9.17) is 11.6 Å². The fourth-order valence-electron chi connectivity index (χ4n) is 3.17. The monoisotopic (exact) mass is 440 g/mol. The van der Waals surface area contributed by atoms with Gasteiger partial charge in [0.2, 0.25) is 15.9 Å². The molecule has 1 unspecified atom stereocenters. The van der Waals surface area contributed by atoms with Gasteiger partial charge in [-0.25, -0.2) is 12.8 Å². The van der Waals surface area contributed by atoms with Crippen molar-refractivity contribution in [1.82, 2.24) is 5.32 Å². The van der Waals surface area contributed by atoms with Crippen LogP contribution in [-0.2, 0) is 21.2 Å². The predicted molar refractivity (Wildman–Crippen MR) is 115 cm³/mol. The summed E-state index contributed by atoms with van der Waals surface area (Å²) in [5.41, 5.74) is 2.52. The fourth-order valence-corrected chi connectivity index (χ4v) is 4.55. The van der Waals surface area contributed by atoms with E-state index in [-0.39, 0.29) is 17.1 Å². The van der Waals surface area contributed by atoms with Crippen molar-refractivity contribution in [2.75, 3.05) is 17.1 Å². The third-order valence-electron chi connectivity index (χ3n) is 4.51. The standard InChI is InChI=1S/C21H26ClFN2O3S/c1-4-20(21(26)24-12-6-9-16-8-5-7-15(2)13-16)25(29(3,27)28)17-10-11-19(23)18(22)14-17/h5,7-8,10-11,13-14,20H,4,6,9,12H2,1-3H3,(H,24,26). The predicted octanol–water partition coefficient (Wildman–Crippen LogP) is 4.08. The number of benzene rings is 2. The summed E-state index contributed by atoms with van der Waals surface area (Å²) < 4.78 is 39.3. The highest BCUT2D eigenvalue weighted by atomic mass is 35.5. The minimum Gasteiger partial charge on any atom is -0.354 e. The molecule has 0 aromatic heterocycles. The van der Waals surface area contributed by atoms with Gasteiger partial charge in [0.05, 0.1) is 17.0 Å². The van der Waals surface area contributed by atoms with Crippen LogP contribution in [0.5, 0.6) is 0 Å². The summed E-state index contributed by atoms with van der Waals surface area (Å²) in [4.78, 5) is 12.7. The molecule has 0 heterocycles. The third-order valence-corrected chi connectivity index (χ3v) is 5.98. The number of aryl methyl sites for hydroxylation is 2. The molecule has 0 saturated carbocycles. The van der Waals surface area contributed by atoms with Gasteiger partial charge in [-0.1, -0.05) is 48.4 Å². The lowest BCUT2D eigenvalue weighted by molar-refractivity contribution is -0.122. The van der Waals surface area contributed by atoms with Crippen LogP contribution in [0.15, 0.2) is 42.5 Å². The smallest absolute Gasteiger partial charge is 0.243 e. The number of sulfonamides is 1. The molecule has 0 bridgehead atoms. The minimum atomic E-state index is -3.79. The van der Waals surface area contributed by atoms with Gasteiger partial charge in [-0.3, -0.25) is 9.10 Å². The summed E-state index contributed by atoms with van der Waals surface area (Å²) in [6.45, 7) is 4.17. The maximum atomic E-state index is 13.5. The number of halogens is 2. The van der Waals surface area contributed by atoms with E-state index < -0.39 is 27.8 Å². The van der Waals surface area contributed by atoms with Crippen molar-refractivity contribution in [1.29, 1.82) is 0 Å². The molecule has 2 rings (SSSR count). The van der Waals surface area contributed by atoms with Crippen molar-refractivity contribution in [3.8, 4) is 0 Å². The van der Waals surface area contributed by atoms with E-state index in [1.165, 1.54) is 23.3 Å². The van der Waals surface area contributed by atoms with Gasteiger partial charge in [-0.05, 0) is 49.9 Å². The first kappa shape index (κ1) is 23.2. The van der Waals surface area contributed by atoms with Gasteiger partial charge in [0, 0.05) is 6.54 Å². The molecule has 0 fully saturated rings. The Balaban J connectivity index is 2.08. The van der Waals surface area contributed by atoms with Crippen molar-refractivity contribution >= 4 is 33.2 Å². The van der Waals surface area contributed by atoms with Gasteiger partial charge in [0.15, 0.2) is 0 Å². The summed E-state index contributed by atoms with van der Waals surface area (Å²) in [7, 11) is -3.79. The van der Waals surface area contributed by atoms with Crippen LogP contribution in [0.3, 0.4) is 0 Å². The van der Waals surface area contributed by atoms with Crippen LogP contribution >= 0.6 is 11.6 Å². The number of amides is 1. The van der Waals surface area contributed by atoms with E-state index in [1.54, 1.807) is 6.92 Å². The Kier molecular flexibility index (Phi) is 8.05. The molecule has 8 heteroatoms. The summed E-state index contributed by atoms with van der Waals surface area (Å²) >= 11 is 5.81. The molecule has 0 spiro atoms. The number of carbonyl (C=O) groups excluding carboxylic acids is 1. The second-order valence-corrected chi connectivity index (χ2v) is 9.23. The highest BCUT2D eigenvalue weighted by Crippen LogP contribution is 2.27. The van der Waals surface area contributed by atoms with Crippen molar-refractivity contribution < 1.29 is 17.6 Å². The largest absolute Gasteiger partial charge is 0.354 e. The van der Waals surface area contributed by atoms with Crippen LogP contribution in [0.4, 0.5) is 10.1 Å². The van der Waals surface area contributed by atoms with Crippen molar-refractivity contribution in [2.24, 2.45) is 0 Å². The van der Waals surface area contributed by atoms with Gasteiger partial charge in [0.1, 0.15) is 11.9 Å². The summed E-state index contributed by atoms with van der Waals surface area (Å²) in [5, 5.41) is 2.61. The molecule has 0 saturated heterocycles. The average molecular weight is 441 g/mol. The number of hydrogen-bond donors (Lipinski definition) is 1. The first-order chi connectivity index (χ1) is 13.6. The zero-order valence-electron chi connectivity index (χ0n) is 16.8. The summed E-state index contributed by atoms with van der Waals surface area (Å²) in [6, 6.07) is 10.8. The van der Waals surface area contributed by atoms with Crippen molar-refractivity contribution in [2.45, 2.75) is 39.2 Å². The van der Waals surface area contributed by atoms with Crippen LogP contribution in [0.2, 0.25) is 5.02 Å². The maximum absolute atomic E-state index is 13.5. The normalized spacial score (nSPS) is 12.4. The number of nitrogens with one attached hydrogen (secondary N) is 1. The molecular weight excluding hydrogens is 415 g/mol. The van der Waals surface area contributed by atoms with Crippen LogP contribution in [0.1, 0.15) is 30.9 Å². The molecule has 1 atom stereocenters. The van der Waals surface area contributed by atoms with Crippen LogP contribution in [-0.4, -0.2) is 33.2 Å². The highest BCUT2D eigenvalue weighted by Gasteiger charge is 2.31. The Labute approximate surface area is 176 Å². The number of hydrogen-bond acceptors (Lipinski definition) is 3. The van der Waals surface area contributed by atoms with Crippen molar-refractivity contribution in [3.63, 3.8) is 0 Å². The maximum Gasteiger partial charge on any atom is 0.243 e. The van der Waals surface area contributed by atoms with E-state index in [2.05, 4.69) is 11.4 Å². The molecule has 29 heavy (non-hydrogen) atoms. The molecule has 2 aromatic rings. The summed E-state index contributed by atoms with van der Waals surface area (Å²) in [5.74, 6) is -1.06. The van der Waals surface area contributed by atoms with Gasteiger partial charge < -0.3 is 5.32 Å². The summed E-state index contributed by atoms with van der Waals surface area (Å²) in [6.07, 6.45) is 2.80. The fraction of sp³-hybridized carbons (Fsp3) is 0.381. The highest BCUT2D eigenvalue weighted by molar-refractivity contribution is 7.92. The van der Waals surface area contributed by atoms with Gasteiger partial charge in [0.25, 0.3) is 0 Å². The van der Waals surface area contributed by atoms with Gasteiger partial charge in [-0.15, -0.1) is 0 Å². The molecule has 0 aliphatic rings. The first-order valence-electron chi connectivity index (χ1n) is 9.41. The Morgan fingerprint density at radius 3 is 2.55 bits per heavy atom. The van der Waals surface area contributed by atoms with E-state index in [1.807, 2.05) is 25.1 Å². The van der Waals surface area contributed by atoms with Gasteiger partial charge in [-0.2, -0.15) is 0 Å². The lowest BCUT2D eigenvalue weighted by Crippen LogP contribution is -2.49. The Hall–Kier alpha value is -2.12. The van der Waals surface area contributed by atoms with Crippen LogP contribution in [0, 0.1) is 12.7 Å². The van der Waals surface area contributed by atoms with Crippen LogP contribution in [0.25, 0.3) is 0 Å². The van der Waals surface area contributed by atoms with Crippen molar-refractivity contribution in [3.05, 3.63) is 64.4 Å². The quantitative estimate of drug-likeness (QED) is 0.597. The van der Waals surface area contributed by atoms with E-state index in [0.717, 1.165) is 29.5 Å². The Morgan fingerprint density at radius 2 is 1.97 bits per heavy atom. The molecular formula is C21H26ClFN2O3S. The first-order valence-corrected chi connectivity index (χ1v) is 11.6. The molecule has 158 valence electrons. The number of rotatable bonds is 9. The third kappa shape index (κ3) is 6.44. The lowest BCUT2D eigenvalue weighted by Gasteiger charge is -2.30. The average Bonchev–Trinajstić information content (AvgIpc) is 2.64. The zero-order chi connectivity index (χ0) is 21.6. The Bertz CT molecular complexity index is 966. The Morgan fingerprint density at radius 1 is 1.24 bits per heavy atom. The zero-order valence-corrected chi connectivity index (χ0v) is 18.4. The number of anilines is 1. The molecule has 1 amide bonds. The van der Waals surface area contributed by atoms with E-state index in [0.29, 0.717) is 6.54 Å². The molecule has 0 aliphatic carbocycles.